The molecule has 1 heterocycles. The summed E-state index contributed by atoms with van der Waals surface area (Å²) in [7, 11) is 0. The molecule has 0 bridgehead atoms. The van der Waals surface area contributed by atoms with Gasteiger partial charge in [-0.3, -0.25) is 4.90 Å². The Bertz CT molecular complexity index is 540. The zero-order valence-electron chi connectivity index (χ0n) is 13.0. The number of hydrogen-bond acceptors (Lipinski definition) is 2. The fraction of sp³-hybridized carbons (Fsp3) is 0.647. The van der Waals surface area contributed by atoms with Crippen LogP contribution in [0.25, 0.3) is 0 Å². The van der Waals surface area contributed by atoms with Crippen molar-refractivity contribution < 1.29 is 8.78 Å². The van der Waals surface area contributed by atoms with Crippen LogP contribution in [0.2, 0.25) is 0 Å². The predicted octanol–water partition coefficient (Wildman–Crippen LogP) is 3.32. The molecule has 3 rings (SSSR count). The van der Waals surface area contributed by atoms with Crippen LogP contribution in [0.15, 0.2) is 18.2 Å². The SMILES string of the molecule is CC1(C2CC2)CN(Cc2ccc(F)c(F)c2)C(C)(C)CN1. The number of piperazine rings is 1. The van der Waals surface area contributed by atoms with Crippen LogP contribution in [0.1, 0.15) is 39.2 Å². The molecule has 116 valence electrons. The van der Waals surface area contributed by atoms with Gasteiger partial charge in [-0.25, -0.2) is 8.78 Å². The lowest BCUT2D eigenvalue weighted by atomic mass is 9.86. The van der Waals surface area contributed by atoms with E-state index in [4.69, 9.17) is 0 Å². The molecule has 2 aliphatic rings. The normalized spacial score (nSPS) is 29.6. The van der Waals surface area contributed by atoms with E-state index < -0.39 is 11.6 Å². The lowest BCUT2D eigenvalue weighted by Crippen LogP contribution is -2.67. The average molecular weight is 294 g/mol. The van der Waals surface area contributed by atoms with Crippen molar-refractivity contribution in [2.45, 2.75) is 51.2 Å². The molecule has 0 amide bonds. The highest BCUT2D eigenvalue weighted by molar-refractivity contribution is 5.19. The highest BCUT2D eigenvalue weighted by Crippen LogP contribution is 2.42. The summed E-state index contributed by atoms with van der Waals surface area (Å²) < 4.78 is 26.5. The minimum atomic E-state index is -0.777. The third kappa shape index (κ3) is 2.97. The first kappa shape index (κ1) is 14.9. The van der Waals surface area contributed by atoms with Gasteiger partial charge in [0.25, 0.3) is 0 Å². The lowest BCUT2D eigenvalue weighted by Gasteiger charge is -2.51. The molecule has 1 aromatic rings. The minimum absolute atomic E-state index is 0.0132. The Kier molecular flexibility index (Phi) is 3.57. The summed E-state index contributed by atoms with van der Waals surface area (Å²) in [4.78, 5) is 2.40. The molecule has 1 aromatic carbocycles. The van der Waals surface area contributed by atoms with E-state index in [0.29, 0.717) is 6.54 Å². The van der Waals surface area contributed by atoms with Crippen LogP contribution in [0, 0.1) is 17.6 Å². The molecule has 1 unspecified atom stereocenters. The maximum atomic E-state index is 13.4. The van der Waals surface area contributed by atoms with E-state index in [1.165, 1.54) is 25.0 Å². The second-order valence-corrected chi connectivity index (χ2v) is 7.46. The molecule has 2 fully saturated rings. The second kappa shape index (κ2) is 5.03. The summed E-state index contributed by atoms with van der Waals surface area (Å²) in [5.74, 6) is -0.785. The number of halogens is 2. The number of nitrogens with one attached hydrogen (secondary N) is 1. The van der Waals surface area contributed by atoms with Gasteiger partial charge in [0, 0.05) is 30.7 Å². The van der Waals surface area contributed by atoms with Gasteiger partial charge in [0.05, 0.1) is 0 Å². The summed E-state index contributed by atoms with van der Waals surface area (Å²) >= 11 is 0. The van der Waals surface area contributed by atoms with E-state index >= 15 is 0 Å². The van der Waals surface area contributed by atoms with Crippen LogP contribution < -0.4 is 5.32 Å². The Balaban J connectivity index is 1.78. The van der Waals surface area contributed by atoms with Gasteiger partial charge in [0.2, 0.25) is 0 Å². The van der Waals surface area contributed by atoms with Gasteiger partial charge in [-0.15, -0.1) is 0 Å². The monoisotopic (exact) mass is 294 g/mol. The molecule has 0 radical (unpaired) electrons. The highest BCUT2D eigenvalue weighted by Gasteiger charge is 2.47. The first-order valence-corrected chi connectivity index (χ1v) is 7.74. The fourth-order valence-electron chi connectivity index (χ4n) is 3.32. The molecule has 0 spiro atoms. The maximum Gasteiger partial charge on any atom is 0.159 e. The molecule has 4 heteroatoms. The molecule has 0 aromatic heterocycles. The van der Waals surface area contributed by atoms with Crippen LogP contribution in [0.3, 0.4) is 0 Å². The maximum absolute atomic E-state index is 13.4. The van der Waals surface area contributed by atoms with E-state index in [2.05, 4.69) is 31.0 Å². The van der Waals surface area contributed by atoms with Crippen molar-refractivity contribution in [1.29, 1.82) is 0 Å². The van der Waals surface area contributed by atoms with Gasteiger partial charge in [-0.05, 0) is 57.2 Å². The molecule has 2 nitrogen and oxygen atoms in total. The van der Waals surface area contributed by atoms with Crippen molar-refractivity contribution in [3.63, 3.8) is 0 Å². The zero-order chi connectivity index (χ0) is 15.3. The van der Waals surface area contributed by atoms with Gasteiger partial charge in [0.15, 0.2) is 11.6 Å². The average Bonchev–Trinajstić information content (AvgIpc) is 3.24. The van der Waals surface area contributed by atoms with E-state index in [0.717, 1.165) is 24.6 Å². The van der Waals surface area contributed by atoms with Crippen LogP contribution in [0.4, 0.5) is 8.78 Å². The predicted molar refractivity (Wildman–Crippen MR) is 80.0 cm³/mol. The third-order valence-corrected chi connectivity index (χ3v) is 5.14. The van der Waals surface area contributed by atoms with Crippen LogP contribution in [0.5, 0.6) is 0 Å². The Morgan fingerprint density at radius 2 is 1.90 bits per heavy atom. The first-order valence-electron chi connectivity index (χ1n) is 7.74. The largest absolute Gasteiger partial charge is 0.308 e. The Hall–Kier alpha value is -1.00. The Labute approximate surface area is 125 Å². The Morgan fingerprint density at radius 3 is 2.52 bits per heavy atom. The number of hydrogen-bond donors (Lipinski definition) is 1. The summed E-state index contributed by atoms with van der Waals surface area (Å²) in [6.07, 6.45) is 2.59. The van der Waals surface area contributed by atoms with Gasteiger partial charge >= 0.3 is 0 Å². The van der Waals surface area contributed by atoms with E-state index in [1.54, 1.807) is 6.07 Å². The van der Waals surface area contributed by atoms with Gasteiger partial charge in [-0.1, -0.05) is 6.07 Å². The fourth-order valence-corrected chi connectivity index (χ4v) is 3.32. The Morgan fingerprint density at radius 1 is 1.19 bits per heavy atom. The molecule has 21 heavy (non-hydrogen) atoms. The van der Waals surface area contributed by atoms with Crippen molar-refractivity contribution in [3.05, 3.63) is 35.4 Å². The molecule has 1 saturated heterocycles. The highest BCUT2D eigenvalue weighted by atomic mass is 19.2. The first-order chi connectivity index (χ1) is 9.80. The van der Waals surface area contributed by atoms with Gasteiger partial charge in [0.1, 0.15) is 0 Å². The molecule has 1 aliphatic carbocycles. The lowest BCUT2D eigenvalue weighted by molar-refractivity contribution is 0.0177. The van der Waals surface area contributed by atoms with Gasteiger partial charge < -0.3 is 5.32 Å². The minimum Gasteiger partial charge on any atom is -0.308 e. The topological polar surface area (TPSA) is 15.3 Å². The summed E-state index contributed by atoms with van der Waals surface area (Å²) in [5.41, 5.74) is 0.995. The smallest absolute Gasteiger partial charge is 0.159 e. The van der Waals surface area contributed by atoms with Crippen molar-refractivity contribution in [2.24, 2.45) is 5.92 Å². The third-order valence-electron chi connectivity index (χ3n) is 5.14. The zero-order valence-corrected chi connectivity index (χ0v) is 13.0. The number of benzene rings is 1. The molecule has 1 aliphatic heterocycles. The summed E-state index contributed by atoms with van der Waals surface area (Å²) in [5, 5.41) is 3.71. The number of rotatable bonds is 3. The van der Waals surface area contributed by atoms with Crippen molar-refractivity contribution in [2.75, 3.05) is 13.1 Å². The molecular formula is C17H24F2N2. The second-order valence-electron chi connectivity index (χ2n) is 7.46. The molecular weight excluding hydrogens is 270 g/mol. The van der Waals surface area contributed by atoms with Gasteiger partial charge in [-0.2, -0.15) is 0 Å². The van der Waals surface area contributed by atoms with E-state index in [-0.39, 0.29) is 11.1 Å². The van der Waals surface area contributed by atoms with Crippen LogP contribution in [-0.4, -0.2) is 29.1 Å². The quantitative estimate of drug-likeness (QED) is 0.920. The van der Waals surface area contributed by atoms with E-state index in [1.807, 2.05) is 0 Å². The van der Waals surface area contributed by atoms with Crippen LogP contribution in [-0.2, 0) is 6.54 Å². The van der Waals surface area contributed by atoms with Crippen LogP contribution >= 0.6 is 0 Å². The molecule has 1 atom stereocenters. The molecule has 1 N–H and O–H groups in total. The summed E-state index contributed by atoms with van der Waals surface area (Å²) in [6, 6.07) is 4.23. The van der Waals surface area contributed by atoms with Crippen molar-refractivity contribution >= 4 is 0 Å². The van der Waals surface area contributed by atoms with Crippen molar-refractivity contribution in [3.8, 4) is 0 Å². The van der Waals surface area contributed by atoms with Crippen molar-refractivity contribution in [1.82, 2.24) is 10.2 Å². The van der Waals surface area contributed by atoms with E-state index in [9.17, 15) is 8.78 Å². The molecule has 1 saturated carbocycles. The standard InChI is InChI=1S/C17H24F2N2/c1-16(2)10-20-17(3,13-5-6-13)11-21(16)9-12-4-7-14(18)15(19)8-12/h4,7-8,13,20H,5-6,9-11H2,1-3H3. The summed E-state index contributed by atoms with van der Waals surface area (Å²) in [6.45, 7) is 9.22. The number of nitrogens with zero attached hydrogens (tertiary/aromatic N) is 1.